The minimum Gasteiger partial charge on any atom is -0.497 e. The molecule has 1 aliphatic heterocycles. The van der Waals surface area contributed by atoms with Gasteiger partial charge in [0, 0.05) is 22.9 Å². The van der Waals surface area contributed by atoms with Crippen molar-refractivity contribution < 1.29 is 13.9 Å². The summed E-state index contributed by atoms with van der Waals surface area (Å²) >= 11 is 0. The predicted octanol–water partition coefficient (Wildman–Crippen LogP) is 6.65. The van der Waals surface area contributed by atoms with Crippen molar-refractivity contribution in [3.63, 3.8) is 0 Å². The summed E-state index contributed by atoms with van der Waals surface area (Å²) in [5.74, 6) is 1.41. The Balaban J connectivity index is 1.57. The summed E-state index contributed by atoms with van der Waals surface area (Å²) in [4.78, 5) is 13.2. The molecule has 0 aliphatic carbocycles. The first-order valence-electron chi connectivity index (χ1n) is 11.7. The van der Waals surface area contributed by atoms with Gasteiger partial charge in [-0.25, -0.2) is 4.79 Å². The summed E-state index contributed by atoms with van der Waals surface area (Å²) in [6.07, 6.45) is 0.759. The van der Waals surface area contributed by atoms with Crippen LogP contribution in [0.4, 0.5) is 5.69 Å². The van der Waals surface area contributed by atoms with Crippen LogP contribution in [0.1, 0.15) is 35.1 Å². The molecule has 4 aromatic carbocycles. The third kappa shape index (κ3) is 3.69. The van der Waals surface area contributed by atoms with Gasteiger partial charge in [0.1, 0.15) is 22.8 Å². The quantitative estimate of drug-likeness (QED) is 0.302. The number of methoxy groups -OCH3 is 2. The molecule has 5 heteroatoms. The van der Waals surface area contributed by atoms with E-state index < -0.39 is 0 Å². The van der Waals surface area contributed by atoms with Gasteiger partial charge in [0.05, 0.1) is 20.3 Å². The molecule has 1 aromatic heterocycles. The Hall–Kier alpha value is -4.25. The van der Waals surface area contributed by atoms with Crippen molar-refractivity contribution in [3.8, 4) is 11.5 Å². The highest BCUT2D eigenvalue weighted by molar-refractivity contribution is 5.88. The van der Waals surface area contributed by atoms with Gasteiger partial charge in [0.15, 0.2) is 0 Å². The summed E-state index contributed by atoms with van der Waals surface area (Å²) < 4.78 is 16.7. The molecule has 0 unspecified atom stereocenters. The number of hydrogen-bond donors (Lipinski definition) is 1. The molecule has 0 saturated carbocycles. The molecule has 5 aromatic rings. The number of rotatable bonds is 4. The van der Waals surface area contributed by atoms with E-state index in [1.807, 2.05) is 48.5 Å². The molecule has 0 fully saturated rings. The molecule has 0 bridgehead atoms. The largest absolute Gasteiger partial charge is 0.497 e. The minimum absolute atomic E-state index is 0.00736. The average molecular weight is 464 g/mol. The number of para-hydroxylation sites is 1. The van der Waals surface area contributed by atoms with Crippen molar-refractivity contribution in [1.29, 1.82) is 0 Å². The van der Waals surface area contributed by atoms with E-state index in [0.29, 0.717) is 22.8 Å². The Morgan fingerprint density at radius 1 is 0.800 bits per heavy atom. The van der Waals surface area contributed by atoms with Gasteiger partial charge in [-0.2, -0.15) is 0 Å². The van der Waals surface area contributed by atoms with Crippen LogP contribution in [-0.2, 0) is 0 Å². The fourth-order valence-corrected chi connectivity index (χ4v) is 5.24. The molecule has 0 radical (unpaired) electrons. The highest BCUT2D eigenvalue weighted by Gasteiger charge is 2.33. The molecule has 2 atom stereocenters. The Morgan fingerprint density at radius 3 is 2.29 bits per heavy atom. The Labute approximate surface area is 202 Å². The van der Waals surface area contributed by atoms with Gasteiger partial charge in [-0.1, -0.05) is 60.7 Å². The van der Waals surface area contributed by atoms with E-state index in [9.17, 15) is 4.79 Å². The van der Waals surface area contributed by atoms with Crippen LogP contribution < -0.4 is 20.4 Å². The van der Waals surface area contributed by atoms with Crippen LogP contribution in [0.2, 0.25) is 0 Å². The predicted molar refractivity (Wildman–Crippen MR) is 139 cm³/mol. The zero-order chi connectivity index (χ0) is 23.9. The molecule has 174 valence electrons. The van der Waals surface area contributed by atoms with E-state index in [1.54, 1.807) is 14.2 Å². The SMILES string of the molecule is COc1cc(OC)cc([C@@H]2C[C@@H](c3ccc4ccccc4c3)c3c(c(=O)oc4ccccc34)N2)c1. The fraction of sp³-hybridized carbons (Fsp3) is 0.167. The van der Waals surface area contributed by atoms with Gasteiger partial charge in [-0.15, -0.1) is 0 Å². The molecule has 6 rings (SSSR count). The molecular weight excluding hydrogens is 438 g/mol. The number of ether oxygens (including phenoxy) is 2. The van der Waals surface area contributed by atoms with Gasteiger partial charge in [0.25, 0.3) is 0 Å². The van der Waals surface area contributed by atoms with Crippen LogP contribution in [-0.4, -0.2) is 14.2 Å². The molecule has 0 spiro atoms. The molecular formula is C30H25NO4. The van der Waals surface area contributed by atoms with Crippen molar-refractivity contribution >= 4 is 27.4 Å². The standard InChI is InChI=1S/C30H25NO4/c1-33-22-14-21(15-23(16-22)34-2)26-17-25(20-12-11-18-7-3-4-8-19(18)13-20)28-24-9-5-6-10-27(24)35-30(32)29(28)31-26/h3-16,25-26,31H,17H2,1-2H3/t25-,26-/m0/s1. The maximum absolute atomic E-state index is 13.2. The summed E-state index contributed by atoms with van der Waals surface area (Å²) in [7, 11) is 3.28. The molecule has 0 saturated heterocycles. The fourth-order valence-electron chi connectivity index (χ4n) is 5.24. The summed E-state index contributed by atoms with van der Waals surface area (Å²) in [6, 6.07) is 28.4. The zero-order valence-electron chi connectivity index (χ0n) is 19.6. The highest BCUT2D eigenvalue weighted by Crippen LogP contribution is 2.46. The normalized spacial score (nSPS) is 17.1. The second-order valence-electron chi connectivity index (χ2n) is 8.91. The molecule has 1 aliphatic rings. The zero-order valence-corrected chi connectivity index (χ0v) is 19.6. The minimum atomic E-state index is -0.357. The molecule has 35 heavy (non-hydrogen) atoms. The first kappa shape index (κ1) is 21.3. The lowest BCUT2D eigenvalue weighted by atomic mass is 9.79. The summed E-state index contributed by atoms with van der Waals surface area (Å²) in [5, 5.41) is 6.82. The molecule has 0 amide bonds. The van der Waals surface area contributed by atoms with Crippen molar-refractivity contribution in [1.82, 2.24) is 0 Å². The monoisotopic (exact) mass is 463 g/mol. The van der Waals surface area contributed by atoms with E-state index in [1.165, 1.54) is 16.3 Å². The van der Waals surface area contributed by atoms with E-state index in [4.69, 9.17) is 13.9 Å². The third-order valence-electron chi connectivity index (χ3n) is 6.94. The summed E-state index contributed by atoms with van der Waals surface area (Å²) in [5.41, 5.74) is 3.90. The number of anilines is 1. The lowest BCUT2D eigenvalue weighted by Gasteiger charge is -2.34. The Kier molecular flexibility index (Phi) is 5.18. The van der Waals surface area contributed by atoms with Gasteiger partial charge < -0.3 is 19.2 Å². The second-order valence-corrected chi connectivity index (χ2v) is 8.91. The first-order chi connectivity index (χ1) is 17.1. The van der Waals surface area contributed by atoms with Crippen LogP contribution in [0.3, 0.4) is 0 Å². The van der Waals surface area contributed by atoms with E-state index in [-0.39, 0.29) is 17.6 Å². The molecule has 1 N–H and O–H groups in total. The van der Waals surface area contributed by atoms with E-state index in [0.717, 1.165) is 22.9 Å². The van der Waals surface area contributed by atoms with Gasteiger partial charge in [-0.05, 0) is 46.5 Å². The highest BCUT2D eigenvalue weighted by atomic mass is 16.5. The van der Waals surface area contributed by atoms with E-state index in [2.05, 4.69) is 41.7 Å². The summed E-state index contributed by atoms with van der Waals surface area (Å²) in [6.45, 7) is 0. The van der Waals surface area contributed by atoms with Gasteiger partial charge in [-0.3, -0.25) is 0 Å². The van der Waals surface area contributed by atoms with Crippen LogP contribution in [0.15, 0.2) is 94.1 Å². The van der Waals surface area contributed by atoms with Crippen LogP contribution >= 0.6 is 0 Å². The maximum Gasteiger partial charge on any atom is 0.360 e. The van der Waals surface area contributed by atoms with Gasteiger partial charge in [0.2, 0.25) is 0 Å². The second kappa shape index (κ2) is 8.51. The van der Waals surface area contributed by atoms with Crippen LogP contribution in [0.5, 0.6) is 11.5 Å². The van der Waals surface area contributed by atoms with Crippen molar-refractivity contribution in [2.75, 3.05) is 19.5 Å². The van der Waals surface area contributed by atoms with Crippen molar-refractivity contribution in [2.24, 2.45) is 0 Å². The smallest absolute Gasteiger partial charge is 0.360 e. The van der Waals surface area contributed by atoms with Crippen molar-refractivity contribution in [2.45, 2.75) is 18.4 Å². The average Bonchev–Trinajstić information content (AvgIpc) is 2.92. The van der Waals surface area contributed by atoms with E-state index >= 15 is 0 Å². The van der Waals surface area contributed by atoms with Crippen molar-refractivity contribution in [3.05, 3.63) is 112 Å². The van der Waals surface area contributed by atoms with Crippen LogP contribution in [0.25, 0.3) is 21.7 Å². The third-order valence-corrected chi connectivity index (χ3v) is 6.94. The lowest BCUT2D eigenvalue weighted by Crippen LogP contribution is -2.27. The topological polar surface area (TPSA) is 60.7 Å². The Morgan fingerprint density at radius 2 is 1.51 bits per heavy atom. The number of fused-ring (bicyclic) bond motifs is 4. The van der Waals surface area contributed by atoms with Crippen LogP contribution in [0, 0.1) is 0 Å². The van der Waals surface area contributed by atoms with Gasteiger partial charge >= 0.3 is 5.63 Å². The first-order valence-corrected chi connectivity index (χ1v) is 11.7. The lowest BCUT2D eigenvalue weighted by molar-refractivity contribution is 0.392. The maximum atomic E-state index is 13.2. The number of hydrogen-bond acceptors (Lipinski definition) is 5. The molecule has 2 heterocycles. The Bertz CT molecular complexity index is 1600. The number of benzene rings is 4. The molecule has 5 nitrogen and oxygen atoms in total. The number of nitrogens with one attached hydrogen (secondary N) is 1.